The van der Waals surface area contributed by atoms with Crippen LogP contribution in [0.1, 0.15) is 24.0 Å². The number of fused-ring (bicyclic) bond motifs is 3. The zero-order chi connectivity index (χ0) is 11.2. The molecular weight excluding hydrogens is 198 g/mol. The summed E-state index contributed by atoms with van der Waals surface area (Å²) in [5.41, 5.74) is 1.77. The van der Waals surface area contributed by atoms with E-state index in [0.717, 1.165) is 24.9 Å². The van der Waals surface area contributed by atoms with Gasteiger partial charge in [0.05, 0.1) is 0 Å². The minimum atomic E-state index is -0.593. The van der Waals surface area contributed by atoms with Gasteiger partial charge in [0.25, 0.3) is 0 Å². The molecule has 0 aromatic heterocycles. The van der Waals surface area contributed by atoms with E-state index < -0.39 is 5.60 Å². The molecule has 3 heterocycles. The van der Waals surface area contributed by atoms with E-state index in [9.17, 15) is 5.11 Å². The van der Waals surface area contributed by atoms with Crippen molar-refractivity contribution in [3.63, 3.8) is 0 Å². The molecule has 4 rings (SSSR count). The van der Waals surface area contributed by atoms with Gasteiger partial charge in [-0.25, -0.2) is 0 Å². The van der Waals surface area contributed by atoms with Gasteiger partial charge in [0.2, 0.25) is 0 Å². The molecule has 1 aromatic carbocycles. The molecule has 3 aliphatic rings. The van der Waals surface area contributed by atoms with Crippen LogP contribution < -0.4 is 0 Å². The fourth-order valence-electron chi connectivity index (χ4n) is 3.21. The molecule has 0 unspecified atom stereocenters. The second kappa shape index (κ2) is 3.57. The molecule has 1 atom stereocenters. The summed E-state index contributed by atoms with van der Waals surface area (Å²) in [5.74, 6) is 0.459. The van der Waals surface area contributed by atoms with Crippen LogP contribution in [0.4, 0.5) is 0 Å². The Morgan fingerprint density at radius 2 is 1.81 bits per heavy atom. The fraction of sp³-hybridized carbons (Fsp3) is 0.571. The van der Waals surface area contributed by atoms with E-state index in [1.165, 1.54) is 18.7 Å². The Morgan fingerprint density at radius 3 is 2.31 bits per heavy atom. The van der Waals surface area contributed by atoms with E-state index >= 15 is 0 Å². The third kappa shape index (κ3) is 1.48. The minimum absolute atomic E-state index is 0.459. The summed E-state index contributed by atoms with van der Waals surface area (Å²) in [6.45, 7) is 5.24. The van der Waals surface area contributed by atoms with Crippen LogP contribution in [0.2, 0.25) is 0 Å². The quantitative estimate of drug-likeness (QED) is 0.776. The van der Waals surface area contributed by atoms with Gasteiger partial charge in [-0.15, -0.1) is 0 Å². The van der Waals surface area contributed by atoms with Crippen LogP contribution in [0.25, 0.3) is 0 Å². The van der Waals surface area contributed by atoms with Crippen molar-refractivity contribution < 1.29 is 5.11 Å². The van der Waals surface area contributed by atoms with Crippen molar-refractivity contribution in [2.45, 2.75) is 25.4 Å². The predicted octanol–water partition coefficient (Wildman–Crippen LogP) is 1.91. The van der Waals surface area contributed by atoms with E-state index in [0.29, 0.717) is 5.92 Å². The van der Waals surface area contributed by atoms with Crippen molar-refractivity contribution in [1.29, 1.82) is 0 Å². The van der Waals surface area contributed by atoms with Crippen molar-refractivity contribution in [1.82, 2.24) is 4.90 Å². The van der Waals surface area contributed by atoms with Crippen molar-refractivity contribution in [2.24, 2.45) is 5.92 Å². The van der Waals surface area contributed by atoms with Gasteiger partial charge in [0.15, 0.2) is 0 Å². The number of aliphatic hydroxyl groups is 1. The number of aryl methyl sites for hydroxylation is 1. The highest BCUT2D eigenvalue weighted by Gasteiger charge is 2.46. The lowest BCUT2D eigenvalue weighted by molar-refractivity contribution is -0.117. The molecule has 16 heavy (non-hydrogen) atoms. The van der Waals surface area contributed by atoms with Crippen molar-refractivity contribution in [2.75, 3.05) is 19.6 Å². The SMILES string of the molecule is Cc1ccc([C@@]2(O)CN3CCC2CC3)cc1. The average molecular weight is 217 g/mol. The molecule has 0 spiro atoms. The zero-order valence-corrected chi connectivity index (χ0v) is 9.82. The number of hydrogen-bond donors (Lipinski definition) is 1. The minimum Gasteiger partial charge on any atom is -0.384 e. The summed E-state index contributed by atoms with van der Waals surface area (Å²) in [7, 11) is 0. The van der Waals surface area contributed by atoms with E-state index in [2.05, 4.69) is 36.1 Å². The Labute approximate surface area is 96.9 Å². The highest BCUT2D eigenvalue weighted by molar-refractivity contribution is 5.29. The summed E-state index contributed by atoms with van der Waals surface area (Å²) < 4.78 is 0. The van der Waals surface area contributed by atoms with Gasteiger partial charge in [-0.05, 0) is 44.3 Å². The van der Waals surface area contributed by atoms with Gasteiger partial charge in [-0.2, -0.15) is 0 Å². The van der Waals surface area contributed by atoms with E-state index in [-0.39, 0.29) is 0 Å². The Kier molecular flexibility index (Phi) is 2.30. The summed E-state index contributed by atoms with van der Waals surface area (Å²) in [4.78, 5) is 2.39. The normalized spacial score (nSPS) is 37.6. The highest BCUT2D eigenvalue weighted by Crippen LogP contribution is 2.42. The molecule has 0 aliphatic carbocycles. The van der Waals surface area contributed by atoms with Crippen LogP contribution in [0.15, 0.2) is 24.3 Å². The largest absolute Gasteiger partial charge is 0.384 e. The molecule has 1 N–H and O–H groups in total. The average Bonchev–Trinajstić information content (AvgIpc) is 2.31. The van der Waals surface area contributed by atoms with Crippen molar-refractivity contribution in [3.8, 4) is 0 Å². The molecule has 0 saturated carbocycles. The smallest absolute Gasteiger partial charge is 0.105 e. The molecule has 0 amide bonds. The van der Waals surface area contributed by atoms with E-state index in [4.69, 9.17) is 0 Å². The van der Waals surface area contributed by atoms with Crippen LogP contribution >= 0.6 is 0 Å². The molecule has 2 bridgehead atoms. The van der Waals surface area contributed by atoms with Gasteiger partial charge < -0.3 is 10.0 Å². The first-order valence-corrected chi connectivity index (χ1v) is 6.20. The first kappa shape index (κ1) is 10.3. The van der Waals surface area contributed by atoms with Gasteiger partial charge in [0.1, 0.15) is 5.60 Å². The standard InChI is InChI=1S/C14H19NO/c1-11-2-4-12(5-3-11)14(16)10-15-8-6-13(14)7-9-15/h2-5,13,16H,6-10H2,1H3/t14-/m0/s1. The molecule has 1 aromatic rings. The maximum absolute atomic E-state index is 10.9. The fourth-order valence-corrected chi connectivity index (χ4v) is 3.21. The molecule has 2 heteroatoms. The Balaban J connectivity index is 1.95. The molecule has 3 aliphatic heterocycles. The van der Waals surface area contributed by atoms with Gasteiger partial charge in [0, 0.05) is 6.54 Å². The summed E-state index contributed by atoms with van der Waals surface area (Å²) in [6, 6.07) is 8.39. The number of benzene rings is 1. The highest BCUT2D eigenvalue weighted by atomic mass is 16.3. The molecule has 2 nitrogen and oxygen atoms in total. The van der Waals surface area contributed by atoms with E-state index in [1.54, 1.807) is 0 Å². The van der Waals surface area contributed by atoms with Gasteiger partial charge in [-0.3, -0.25) is 0 Å². The van der Waals surface area contributed by atoms with Crippen molar-refractivity contribution >= 4 is 0 Å². The van der Waals surface area contributed by atoms with Crippen LogP contribution in [0.3, 0.4) is 0 Å². The lowest BCUT2D eigenvalue weighted by atomic mass is 9.71. The number of piperidine rings is 3. The maximum atomic E-state index is 10.9. The van der Waals surface area contributed by atoms with E-state index in [1.807, 2.05) is 0 Å². The first-order valence-electron chi connectivity index (χ1n) is 6.20. The molecule has 0 radical (unpaired) electrons. The van der Waals surface area contributed by atoms with Crippen LogP contribution in [0, 0.1) is 12.8 Å². The molecule has 86 valence electrons. The van der Waals surface area contributed by atoms with Crippen LogP contribution in [-0.4, -0.2) is 29.6 Å². The molecule has 3 saturated heterocycles. The second-order valence-corrected chi connectivity index (χ2v) is 5.34. The lowest BCUT2D eigenvalue weighted by Crippen LogP contribution is -2.57. The first-order chi connectivity index (χ1) is 7.68. The Hall–Kier alpha value is -0.860. The Bertz CT molecular complexity index is 378. The number of rotatable bonds is 1. The van der Waals surface area contributed by atoms with Gasteiger partial charge >= 0.3 is 0 Å². The third-order valence-corrected chi connectivity index (χ3v) is 4.28. The summed E-state index contributed by atoms with van der Waals surface area (Å²) in [5, 5.41) is 10.9. The summed E-state index contributed by atoms with van der Waals surface area (Å²) in [6.07, 6.45) is 2.29. The third-order valence-electron chi connectivity index (χ3n) is 4.28. The van der Waals surface area contributed by atoms with Gasteiger partial charge in [-0.1, -0.05) is 29.8 Å². The Morgan fingerprint density at radius 1 is 1.19 bits per heavy atom. The zero-order valence-electron chi connectivity index (χ0n) is 9.82. The van der Waals surface area contributed by atoms with Crippen LogP contribution in [0.5, 0.6) is 0 Å². The topological polar surface area (TPSA) is 23.5 Å². The number of nitrogens with zero attached hydrogens (tertiary/aromatic N) is 1. The predicted molar refractivity (Wildman–Crippen MR) is 64.2 cm³/mol. The number of hydrogen-bond acceptors (Lipinski definition) is 2. The second-order valence-electron chi connectivity index (χ2n) is 5.34. The lowest BCUT2D eigenvalue weighted by Gasteiger charge is -2.50. The maximum Gasteiger partial charge on any atom is 0.105 e. The molecule has 3 fully saturated rings. The van der Waals surface area contributed by atoms with Crippen LogP contribution in [-0.2, 0) is 5.60 Å². The van der Waals surface area contributed by atoms with Crippen molar-refractivity contribution in [3.05, 3.63) is 35.4 Å². The summed E-state index contributed by atoms with van der Waals surface area (Å²) >= 11 is 0. The molecular formula is C14H19NO. The monoisotopic (exact) mass is 217 g/mol.